The molecule has 8 N–H and O–H groups in total. The van der Waals surface area contributed by atoms with Gasteiger partial charge in [-0.1, -0.05) is 69.4 Å². The Labute approximate surface area is 704 Å². The van der Waals surface area contributed by atoms with E-state index in [2.05, 4.69) is 29.5 Å². The number of para-hydroxylation sites is 1. The van der Waals surface area contributed by atoms with E-state index in [1.165, 1.54) is 30.3 Å². The molecule has 4 bridgehead atoms. The van der Waals surface area contributed by atoms with E-state index in [0.29, 0.717) is 76.0 Å². The van der Waals surface area contributed by atoms with Gasteiger partial charge in [0.2, 0.25) is 11.8 Å². The summed E-state index contributed by atoms with van der Waals surface area (Å²) in [5.74, 6) is -10.2. The predicted molar refractivity (Wildman–Crippen MR) is 440 cm³/mol. The van der Waals surface area contributed by atoms with Gasteiger partial charge in [0, 0.05) is 105 Å². The van der Waals surface area contributed by atoms with Crippen LogP contribution in [0.4, 0.5) is 15.7 Å². The fraction of sp³-hybridized carbons (Fsp3) is 0.547. The Hall–Kier alpha value is -9.98. The number of fused-ring (bicyclic) bond motifs is 2. The number of aromatic nitrogens is 4. The van der Waals surface area contributed by atoms with Crippen LogP contribution in [0.25, 0.3) is 21.3 Å². The van der Waals surface area contributed by atoms with Crippen LogP contribution in [0.3, 0.4) is 0 Å². The molecule has 6 amide bonds. The number of ketones is 2. The number of thiazole rings is 1. The highest BCUT2D eigenvalue weighted by molar-refractivity contribution is 7.85. The molecule has 3 aromatic carbocycles. The van der Waals surface area contributed by atoms with E-state index in [1.807, 2.05) is 46.8 Å². The van der Waals surface area contributed by atoms with E-state index in [1.54, 1.807) is 63.6 Å². The Kier molecular flexibility index (Phi) is 26.6. The molecular weight excluding hydrogens is 1610 g/mol. The first-order valence-corrected chi connectivity index (χ1v) is 43.3. The first-order valence-electron chi connectivity index (χ1n) is 40.9. The van der Waals surface area contributed by atoms with E-state index >= 15 is 0 Å². The first kappa shape index (κ1) is 88.8. The number of aliphatic hydroxyl groups is 3. The lowest BCUT2D eigenvalue weighted by atomic mass is 9.39. The number of carboxylic acids is 2. The van der Waals surface area contributed by atoms with Gasteiger partial charge < -0.3 is 69.2 Å². The van der Waals surface area contributed by atoms with E-state index in [-0.39, 0.29) is 106 Å². The number of aromatic carboxylic acids is 1. The summed E-state index contributed by atoms with van der Waals surface area (Å²) in [6.45, 7) is 11.6. The number of imide groups is 1. The van der Waals surface area contributed by atoms with Gasteiger partial charge in [0.1, 0.15) is 30.3 Å². The number of carboxylic acid groups (broad SMARTS) is 2. The molecule has 33 nitrogen and oxygen atoms in total. The number of ether oxygens (including phenoxy) is 5. The van der Waals surface area contributed by atoms with Gasteiger partial charge in [0.05, 0.1) is 98.1 Å². The summed E-state index contributed by atoms with van der Waals surface area (Å²) in [4.78, 5) is 150. The number of hydrogen-bond acceptors (Lipinski definition) is 25. The van der Waals surface area contributed by atoms with Crippen LogP contribution >= 0.6 is 11.3 Å². The zero-order valence-corrected chi connectivity index (χ0v) is 70.7. The molecule has 3 aliphatic heterocycles. The van der Waals surface area contributed by atoms with Crippen molar-refractivity contribution in [1.29, 1.82) is 0 Å². The number of carbonyl (C=O) groups excluding carboxylic acids is 8. The number of rotatable bonds is 37. The molecule has 14 rings (SSSR count). The van der Waals surface area contributed by atoms with Crippen LogP contribution in [0.1, 0.15) is 153 Å². The fourth-order valence-electron chi connectivity index (χ4n) is 20.6. The molecule has 3 aromatic heterocycles. The van der Waals surface area contributed by atoms with Crippen molar-refractivity contribution in [2.45, 2.75) is 187 Å². The van der Waals surface area contributed by atoms with Gasteiger partial charge in [0.25, 0.3) is 27.8 Å². The zero-order valence-electron chi connectivity index (χ0n) is 69.1. The number of aliphatic carboxylic acids is 1. The topological polar surface area (TPSA) is 453 Å². The van der Waals surface area contributed by atoms with Crippen LogP contribution in [-0.4, -0.2) is 247 Å². The highest BCUT2D eigenvalue weighted by Crippen LogP contribution is 2.72. The van der Waals surface area contributed by atoms with Crippen molar-refractivity contribution in [3.63, 3.8) is 0 Å². The van der Waals surface area contributed by atoms with Gasteiger partial charge in [-0.15, -0.1) is 0 Å². The van der Waals surface area contributed by atoms with E-state index in [0.717, 1.165) is 81.1 Å². The number of anilines is 2. The lowest BCUT2D eigenvalue weighted by Crippen LogP contribution is -2.64. The van der Waals surface area contributed by atoms with Crippen LogP contribution in [0.5, 0.6) is 5.75 Å². The van der Waals surface area contributed by atoms with Gasteiger partial charge in [-0.3, -0.25) is 57.8 Å². The van der Waals surface area contributed by atoms with Crippen molar-refractivity contribution in [3.8, 4) is 16.9 Å². The summed E-state index contributed by atoms with van der Waals surface area (Å²) >= 11 is 1.38. The van der Waals surface area contributed by atoms with Crippen LogP contribution in [0.2, 0.25) is 0 Å². The molecule has 5 saturated carbocycles. The van der Waals surface area contributed by atoms with Gasteiger partial charge >= 0.3 is 18.0 Å². The van der Waals surface area contributed by atoms with Crippen molar-refractivity contribution in [1.82, 2.24) is 39.8 Å². The quantitative estimate of drug-likeness (QED) is 0.0109. The highest BCUT2D eigenvalue weighted by Gasteiger charge is 2.66. The molecule has 6 aromatic rings. The molecule has 650 valence electrons. The monoisotopic (exact) mass is 1710 g/mol. The largest absolute Gasteiger partial charge is 0.496 e. The summed E-state index contributed by atoms with van der Waals surface area (Å²) in [7, 11) is -1.31. The Morgan fingerprint density at radius 1 is 0.802 bits per heavy atom. The molecular formula is C86H106N10O23S2. The van der Waals surface area contributed by atoms with Crippen LogP contribution in [0, 0.1) is 46.8 Å². The Balaban J connectivity index is 0.658. The minimum absolute atomic E-state index is 0.0945. The number of likely N-dealkylation sites (tertiary alicyclic amines) is 1. The molecule has 6 heterocycles. The summed E-state index contributed by atoms with van der Waals surface area (Å²) < 4.78 is 64.9. The summed E-state index contributed by atoms with van der Waals surface area (Å²) in [5, 5.41) is 64.7. The maximum Gasteiger partial charge on any atom is 0.410 e. The third-order valence-corrected chi connectivity index (χ3v) is 27.0. The SMILES string of the molecule is COCCN(CCOC12CC3(C)CC(C)(CC(Cn4ncc(-c5ccc(N6CCc7c(OC)ccc(C(=O)Nc8nc9ccccc9s8)c7C6)nc5C(=O)O)c4C)(C3)C1)C2)C(=O)OCc1ccc(CC(=O)[C@H](C)NC(=O)[C@@H](CC(=O)CN2C(=O)[C@@H](N3C(=O)C=CC3=O)C[C@H]2COCCS(=O)(=O)O)C(C)C)cc1CC[C@@H]1C[C@H](C(=O)O)[C@@H](O)[C@H](O)[C@H]1O. The molecule has 0 spiro atoms. The van der Waals surface area contributed by atoms with E-state index in [9.17, 15) is 86.4 Å². The Morgan fingerprint density at radius 3 is 2.21 bits per heavy atom. The minimum atomic E-state index is -4.41. The maximum atomic E-state index is 14.5. The number of benzene rings is 3. The lowest BCUT2D eigenvalue weighted by molar-refractivity contribution is -0.248. The number of aryl methyl sites for hydroxylation is 1. The van der Waals surface area contributed by atoms with Crippen LogP contribution < -0.4 is 20.3 Å². The van der Waals surface area contributed by atoms with Crippen molar-refractivity contribution in [3.05, 3.63) is 130 Å². The molecule has 1 saturated heterocycles. The maximum absolute atomic E-state index is 14.5. The standard InChI is InChI=1S/C86H106N10O23S2/c1-48(2)60(35-56(97)37-94-55(40-117-29-30-121(112,113)114)34-65(78(94)106)96-70(99)21-22-71(96)100)77(105)88-49(3)66(98)32-51-13-14-54(52(31-51)15-16-53-33-61(79(107)108)74(102)75(103)73(53)101)39-118-82(111)92(25-27-115-7)26-28-119-86-44-83(5)41-84(6,45-86)43-85(42-83,46-86)47-95-50(4)62(36-87-95)58-18-20-69(90-72(58)80(109)110)93-24-23-57-63(38-93)59(17-19-67(57)116-8)76(104)91-81-89-64-11-9-10-12-68(64)120-81/h9-14,17-22,31,36,48-49,53,55,60-61,65,73-75,101-103H,15-16,23-30,32-35,37-47H2,1-8H3,(H,88,105)(H,107,108)(H,109,110)(H,89,91,104)(H,112,113,114)/t49-,53+,55-,60-,61-,65-,73-,74+,75+,83?,84?,85?,86?/m0/s1. The smallest absolute Gasteiger partial charge is 0.410 e. The first-order chi connectivity index (χ1) is 57.4. The molecule has 35 heteroatoms. The van der Waals surface area contributed by atoms with Crippen LogP contribution in [0.15, 0.2) is 85.1 Å². The fourth-order valence-corrected chi connectivity index (χ4v) is 21.8. The number of aliphatic hydroxyl groups excluding tert-OH is 3. The molecule has 5 aliphatic carbocycles. The normalized spacial score (nSPS) is 25.4. The molecule has 11 atom stereocenters. The molecule has 121 heavy (non-hydrogen) atoms. The number of Topliss-reactive ketones (excluding diaryl/α,β-unsaturated/α-hetero) is 2. The number of nitrogens with one attached hydrogen (secondary N) is 2. The second-order valence-electron chi connectivity index (χ2n) is 34.9. The van der Waals surface area contributed by atoms with Gasteiger partial charge in [0.15, 0.2) is 22.4 Å². The number of carbonyl (C=O) groups is 10. The number of pyridine rings is 1. The molecule has 8 aliphatic rings. The average Bonchev–Trinajstić information content (AvgIpc) is 0.770. The van der Waals surface area contributed by atoms with E-state index < -0.39 is 154 Å². The predicted octanol–water partition coefficient (Wildman–Crippen LogP) is 7.19. The van der Waals surface area contributed by atoms with Crippen molar-refractivity contribution < 1.29 is 110 Å². The zero-order chi connectivity index (χ0) is 86.9. The lowest BCUT2D eigenvalue weighted by Gasteiger charge is -2.69. The second kappa shape index (κ2) is 36.2. The third kappa shape index (κ3) is 19.7. The van der Waals surface area contributed by atoms with Gasteiger partial charge in [-0.25, -0.2) is 19.6 Å². The summed E-state index contributed by atoms with van der Waals surface area (Å²) in [6.07, 6.45) is 2.90. The molecule has 0 radical (unpaired) electrons. The van der Waals surface area contributed by atoms with Gasteiger partial charge in [-0.2, -0.15) is 13.5 Å². The van der Waals surface area contributed by atoms with Gasteiger partial charge in [-0.05, 0) is 165 Å². The average molecular weight is 1710 g/mol. The Morgan fingerprint density at radius 2 is 1.53 bits per heavy atom. The number of amides is 6. The summed E-state index contributed by atoms with van der Waals surface area (Å²) in [5.41, 5.74) is 4.95. The van der Waals surface area contributed by atoms with Crippen LogP contribution in [-0.2, 0) is 102 Å². The number of methoxy groups -OCH3 is 2. The van der Waals surface area contributed by atoms with Crippen molar-refractivity contribution in [2.75, 3.05) is 82.8 Å². The van der Waals surface area contributed by atoms with Crippen molar-refractivity contribution >= 4 is 102 Å². The highest BCUT2D eigenvalue weighted by atomic mass is 32.2. The molecule has 6 fully saturated rings. The summed E-state index contributed by atoms with van der Waals surface area (Å²) in [6, 6.07) is 16.4. The molecule has 2 unspecified atom stereocenters. The Bertz CT molecular complexity index is 5090. The minimum Gasteiger partial charge on any atom is -0.496 e. The second-order valence-corrected chi connectivity index (χ2v) is 37.5. The number of nitrogens with zero attached hydrogens (tertiary/aromatic N) is 8. The number of hydrogen-bond donors (Lipinski definition) is 8. The van der Waals surface area contributed by atoms with Crippen molar-refractivity contribution in [2.24, 2.45) is 39.9 Å². The van der Waals surface area contributed by atoms with E-state index in [4.69, 9.17) is 33.8 Å². The third-order valence-electron chi connectivity index (χ3n) is 25.4.